The molecule has 3 heteroatoms. The van der Waals surface area contributed by atoms with Crippen molar-refractivity contribution in [2.24, 2.45) is 0 Å². The second kappa shape index (κ2) is 17.4. The quantitative estimate of drug-likeness (QED) is 0.108. The minimum absolute atomic E-state index is 0. The highest BCUT2D eigenvalue weighted by atomic mass is 79.9. The number of hydrogen-bond donors (Lipinski definition) is 0. The van der Waals surface area contributed by atoms with E-state index < -0.39 is 7.26 Å². The molecule has 0 fully saturated rings. The molecule has 4 aromatic rings. The van der Waals surface area contributed by atoms with E-state index >= 15 is 0 Å². The van der Waals surface area contributed by atoms with Gasteiger partial charge in [-0.3, -0.25) is 0 Å². The minimum Gasteiger partial charge on any atom is -1.00 e. The predicted octanol–water partition coefficient (Wildman–Crippen LogP) is 6.15. The second-order valence-electron chi connectivity index (χ2n) is 10.7. The van der Waals surface area contributed by atoms with E-state index in [4.69, 9.17) is 0 Å². The van der Waals surface area contributed by atoms with Gasteiger partial charge in [0.1, 0.15) is 23.2 Å². The number of unbranched alkanes of at least 4 members (excludes halogenated alkanes) is 6. The molecule has 0 heterocycles. The average Bonchev–Trinajstić information content (AvgIpc) is 3.01. The molecular weight excluding hydrogens is 569 g/mol. The van der Waals surface area contributed by atoms with Gasteiger partial charge in [0, 0.05) is 18.8 Å². The van der Waals surface area contributed by atoms with Crippen molar-refractivity contribution in [2.75, 3.05) is 18.0 Å². The SMILES string of the molecule is CCCCCCN(CCCCCC)c1ccc(C[P+](c2ccccc2)(c2ccccc2)c2ccccc2)cc1.[Br-]. The molecule has 0 aliphatic rings. The maximum absolute atomic E-state index is 2.64. The summed E-state index contributed by atoms with van der Waals surface area (Å²) in [4.78, 5) is 2.64. The van der Waals surface area contributed by atoms with Crippen LogP contribution < -0.4 is 37.8 Å². The van der Waals surface area contributed by atoms with E-state index in [1.165, 1.54) is 91.6 Å². The van der Waals surface area contributed by atoms with Crippen molar-refractivity contribution in [1.29, 1.82) is 0 Å². The Morgan fingerprint density at radius 1 is 0.475 bits per heavy atom. The van der Waals surface area contributed by atoms with Crippen LogP contribution in [0.1, 0.15) is 70.8 Å². The van der Waals surface area contributed by atoms with Crippen LogP contribution in [0.5, 0.6) is 0 Å². The summed E-state index contributed by atoms with van der Waals surface area (Å²) in [6.45, 7) is 6.93. The molecule has 0 spiro atoms. The lowest BCUT2D eigenvalue weighted by molar-refractivity contribution is -0.00000791. The van der Waals surface area contributed by atoms with Gasteiger partial charge in [0.15, 0.2) is 0 Å². The van der Waals surface area contributed by atoms with Crippen LogP contribution in [-0.4, -0.2) is 13.1 Å². The molecule has 0 atom stereocenters. The van der Waals surface area contributed by atoms with Crippen LogP contribution >= 0.6 is 7.26 Å². The summed E-state index contributed by atoms with van der Waals surface area (Å²) in [6.07, 6.45) is 11.5. The fraction of sp³-hybridized carbons (Fsp3) is 0.351. The molecular formula is C37H47BrNP. The molecule has 0 radical (unpaired) electrons. The number of hydrogen-bond acceptors (Lipinski definition) is 1. The Bertz CT molecular complexity index is 1090. The average molecular weight is 617 g/mol. The van der Waals surface area contributed by atoms with Crippen LogP contribution in [0.2, 0.25) is 0 Å². The summed E-state index contributed by atoms with van der Waals surface area (Å²) < 4.78 is 0. The summed E-state index contributed by atoms with van der Waals surface area (Å²) in [6, 6.07) is 43.3. The first-order valence-electron chi connectivity index (χ1n) is 15.2. The van der Waals surface area contributed by atoms with Gasteiger partial charge in [0.2, 0.25) is 0 Å². The topological polar surface area (TPSA) is 3.24 Å². The van der Waals surface area contributed by atoms with Crippen LogP contribution in [-0.2, 0) is 6.16 Å². The molecule has 0 bridgehead atoms. The van der Waals surface area contributed by atoms with Crippen LogP contribution in [0.4, 0.5) is 5.69 Å². The molecule has 0 unspecified atom stereocenters. The highest BCUT2D eigenvalue weighted by molar-refractivity contribution is 7.95. The van der Waals surface area contributed by atoms with Crippen LogP contribution in [0.15, 0.2) is 115 Å². The summed E-state index contributed by atoms with van der Waals surface area (Å²) in [5.74, 6) is 0. The van der Waals surface area contributed by atoms with Gasteiger partial charge in [-0.15, -0.1) is 0 Å². The summed E-state index contributed by atoms with van der Waals surface area (Å²) in [5, 5.41) is 4.33. The molecule has 0 N–H and O–H groups in total. The normalized spacial score (nSPS) is 11.2. The highest BCUT2D eigenvalue weighted by Gasteiger charge is 2.45. The second-order valence-corrected chi connectivity index (χ2v) is 14.2. The van der Waals surface area contributed by atoms with E-state index in [0.29, 0.717) is 0 Å². The highest BCUT2D eigenvalue weighted by Crippen LogP contribution is 2.58. The van der Waals surface area contributed by atoms with Gasteiger partial charge in [0.05, 0.1) is 6.16 Å². The fourth-order valence-electron chi connectivity index (χ4n) is 5.68. The first-order chi connectivity index (χ1) is 19.3. The smallest absolute Gasteiger partial charge is 0.116 e. The molecule has 4 rings (SSSR count). The number of rotatable bonds is 16. The zero-order valence-corrected chi connectivity index (χ0v) is 27.0. The van der Waals surface area contributed by atoms with Crippen molar-refractivity contribution in [1.82, 2.24) is 0 Å². The van der Waals surface area contributed by atoms with Crippen molar-refractivity contribution in [3.63, 3.8) is 0 Å². The van der Waals surface area contributed by atoms with Crippen LogP contribution in [0, 0.1) is 0 Å². The van der Waals surface area contributed by atoms with Gasteiger partial charge in [-0.1, -0.05) is 119 Å². The summed E-state index contributed by atoms with van der Waals surface area (Å²) in [5.41, 5.74) is 2.80. The zero-order valence-electron chi connectivity index (χ0n) is 24.5. The monoisotopic (exact) mass is 615 g/mol. The van der Waals surface area contributed by atoms with E-state index in [2.05, 4.69) is 134 Å². The summed E-state index contributed by atoms with van der Waals surface area (Å²) >= 11 is 0. The van der Waals surface area contributed by atoms with Crippen molar-refractivity contribution in [3.05, 3.63) is 121 Å². The van der Waals surface area contributed by atoms with Crippen molar-refractivity contribution in [3.8, 4) is 0 Å². The van der Waals surface area contributed by atoms with Gasteiger partial charge in [-0.25, -0.2) is 0 Å². The van der Waals surface area contributed by atoms with E-state index in [0.717, 1.165) is 6.16 Å². The lowest BCUT2D eigenvalue weighted by atomic mass is 10.1. The Balaban J connectivity index is 0.00000441. The number of anilines is 1. The van der Waals surface area contributed by atoms with E-state index in [-0.39, 0.29) is 17.0 Å². The fourth-order valence-corrected chi connectivity index (χ4v) is 9.93. The third-order valence-corrected chi connectivity index (χ3v) is 12.3. The van der Waals surface area contributed by atoms with E-state index in [1.807, 2.05) is 0 Å². The Hall–Kier alpha value is -2.41. The number of halogens is 1. The molecule has 0 aromatic heterocycles. The molecule has 0 aliphatic heterocycles. The molecule has 0 saturated heterocycles. The predicted molar refractivity (Wildman–Crippen MR) is 176 cm³/mol. The number of benzene rings is 4. The maximum Gasteiger partial charge on any atom is 0.116 e. The standard InChI is InChI=1S/C37H47NP.BrH/c1-3-5-7-18-30-38(31-19-8-6-4-2)34-28-26-33(27-29-34)32-39(35-20-12-9-13-21-35,36-22-14-10-15-23-36)37-24-16-11-17-25-37;/h9-17,20-29H,3-8,18-19,30-32H2,1-2H3;1H/q+1;/p-1. The van der Waals surface area contributed by atoms with E-state index in [9.17, 15) is 0 Å². The first kappa shape index (κ1) is 32.1. The molecule has 0 aliphatic carbocycles. The molecule has 4 aromatic carbocycles. The Kier molecular flexibility index (Phi) is 14.0. The molecule has 1 nitrogen and oxygen atoms in total. The van der Waals surface area contributed by atoms with Gasteiger partial charge in [-0.05, 0) is 66.9 Å². The lowest BCUT2D eigenvalue weighted by Gasteiger charge is -2.28. The van der Waals surface area contributed by atoms with Crippen LogP contribution in [0.25, 0.3) is 0 Å². The van der Waals surface area contributed by atoms with Gasteiger partial charge in [0.25, 0.3) is 0 Å². The molecule has 0 amide bonds. The van der Waals surface area contributed by atoms with Crippen molar-refractivity contribution < 1.29 is 17.0 Å². The third-order valence-electron chi connectivity index (χ3n) is 7.88. The van der Waals surface area contributed by atoms with Gasteiger partial charge < -0.3 is 21.9 Å². The van der Waals surface area contributed by atoms with Gasteiger partial charge in [-0.2, -0.15) is 0 Å². The Morgan fingerprint density at radius 3 is 1.25 bits per heavy atom. The molecule has 212 valence electrons. The zero-order chi connectivity index (χ0) is 27.2. The van der Waals surface area contributed by atoms with Crippen molar-refractivity contribution >= 4 is 28.9 Å². The largest absolute Gasteiger partial charge is 1.00 e. The Morgan fingerprint density at radius 2 is 0.875 bits per heavy atom. The summed E-state index contributed by atoms with van der Waals surface area (Å²) in [7, 11) is -1.88. The molecule has 0 saturated carbocycles. The van der Waals surface area contributed by atoms with E-state index in [1.54, 1.807) is 0 Å². The Labute approximate surface area is 255 Å². The minimum atomic E-state index is -1.88. The van der Waals surface area contributed by atoms with Crippen LogP contribution in [0.3, 0.4) is 0 Å². The number of nitrogens with zero attached hydrogens (tertiary/aromatic N) is 1. The van der Waals surface area contributed by atoms with Crippen molar-refractivity contribution in [2.45, 2.75) is 71.4 Å². The lowest BCUT2D eigenvalue weighted by Crippen LogP contribution is -3.00. The van der Waals surface area contributed by atoms with Gasteiger partial charge >= 0.3 is 0 Å². The first-order valence-corrected chi connectivity index (χ1v) is 17.1. The molecule has 40 heavy (non-hydrogen) atoms. The maximum atomic E-state index is 2.64. The third kappa shape index (κ3) is 8.55.